The fourth-order valence-electron chi connectivity index (χ4n) is 3.13. The van der Waals surface area contributed by atoms with Gasteiger partial charge in [0.1, 0.15) is 5.82 Å². The van der Waals surface area contributed by atoms with E-state index in [1.165, 1.54) is 28.9 Å². The summed E-state index contributed by atoms with van der Waals surface area (Å²) in [5, 5.41) is 5.70. The van der Waals surface area contributed by atoms with E-state index < -0.39 is 17.1 Å². The molecule has 3 aromatic carbocycles. The quantitative estimate of drug-likeness (QED) is 0.514. The monoisotopic (exact) mass is 408 g/mol. The molecule has 4 aromatic rings. The van der Waals surface area contributed by atoms with E-state index >= 15 is 0 Å². The molecule has 6 nitrogen and oxygen atoms in total. The molecule has 4 rings (SSSR count). The predicted molar refractivity (Wildman–Crippen MR) is 108 cm³/mol. The molecule has 29 heavy (non-hydrogen) atoms. The Hall–Kier alpha value is -3.20. The molecule has 1 atom stereocenters. The fraction of sp³-hybridized carbons (Fsp3) is 0.0476. The van der Waals surface area contributed by atoms with Gasteiger partial charge in [-0.1, -0.05) is 36.4 Å². The molecule has 1 heterocycles. The van der Waals surface area contributed by atoms with Crippen LogP contribution in [0.15, 0.2) is 77.6 Å². The Morgan fingerprint density at radius 3 is 2.45 bits per heavy atom. The number of hydrogen-bond acceptors (Lipinski definition) is 4. The molecule has 0 bridgehead atoms. The minimum absolute atomic E-state index is 0.138. The van der Waals surface area contributed by atoms with Gasteiger partial charge in [-0.3, -0.25) is 9.00 Å². The lowest BCUT2D eigenvalue weighted by molar-refractivity contribution is 0.522. The van der Waals surface area contributed by atoms with E-state index in [4.69, 9.17) is 0 Å². The third-order valence-electron chi connectivity index (χ3n) is 4.47. The van der Waals surface area contributed by atoms with Gasteiger partial charge >= 0.3 is 0 Å². The van der Waals surface area contributed by atoms with Crippen LogP contribution in [0.4, 0.5) is 4.39 Å². The van der Waals surface area contributed by atoms with E-state index in [0.717, 1.165) is 11.1 Å². The number of benzene rings is 3. The fourth-order valence-corrected chi connectivity index (χ4v) is 3.42. The highest BCUT2D eigenvalue weighted by atomic mass is 32.2. The van der Waals surface area contributed by atoms with Crippen LogP contribution >= 0.6 is 0 Å². The van der Waals surface area contributed by atoms with Gasteiger partial charge in [-0.2, -0.15) is 9.78 Å². The number of fused-ring (bicyclic) bond motifs is 1. The average Bonchev–Trinajstić information content (AvgIpc) is 2.74. The van der Waals surface area contributed by atoms with Gasteiger partial charge in [0, 0.05) is 28.8 Å². The van der Waals surface area contributed by atoms with Gasteiger partial charge in [-0.05, 0) is 42.0 Å². The first-order valence-corrected chi connectivity index (χ1v) is 9.80. The van der Waals surface area contributed by atoms with E-state index in [0.29, 0.717) is 22.2 Å². The van der Waals surface area contributed by atoms with E-state index in [1.54, 1.807) is 24.3 Å². The van der Waals surface area contributed by atoms with Crippen LogP contribution in [0.2, 0.25) is 0 Å². The first-order chi connectivity index (χ1) is 14.0. The van der Waals surface area contributed by atoms with E-state index in [-0.39, 0.29) is 12.1 Å². The first kappa shape index (κ1) is 19.1. The highest BCUT2D eigenvalue weighted by Gasteiger charge is 2.13. The summed E-state index contributed by atoms with van der Waals surface area (Å²) in [6.07, 6.45) is 0. The molecule has 0 fully saturated rings. The van der Waals surface area contributed by atoms with Crippen LogP contribution in [-0.2, 0) is 17.8 Å². The third kappa shape index (κ3) is 4.00. The van der Waals surface area contributed by atoms with Crippen molar-refractivity contribution in [3.63, 3.8) is 0 Å². The second-order valence-corrected chi connectivity index (χ2v) is 7.10. The van der Waals surface area contributed by atoms with Crippen molar-refractivity contribution >= 4 is 22.0 Å². The highest BCUT2D eigenvalue weighted by Crippen LogP contribution is 2.26. The Balaban J connectivity index is 1.91. The largest absolute Gasteiger partial charge is 0.760 e. The van der Waals surface area contributed by atoms with Gasteiger partial charge < -0.3 is 4.55 Å². The smallest absolute Gasteiger partial charge is 0.279 e. The molecule has 1 N–H and O–H groups in total. The van der Waals surface area contributed by atoms with Crippen molar-refractivity contribution < 1.29 is 13.2 Å². The van der Waals surface area contributed by atoms with Gasteiger partial charge in [-0.15, -0.1) is 0 Å². The summed E-state index contributed by atoms with van der Waals surface area (Å²) < 4.78 is 38.5. The Bertz CT molecular complexity index is 1270. The Labute approximate surface area is 168 Å². The van der Waals surface area contributed by atoms with Crippen LogP contribution in [-0.4, -0.2) is 18.5 Å². The van der Waals surface area contributed by atoms with Crippen molar-refractivity contribution in [3.8, 4) is 16.9 Å². The maximum atomic E-state index is 13.3. The molecule has 1 aromatic heterocycles. The summed E-state index contributed by atoms with van der Waals surface area (Å²) in [5.74, 6) is -0.404. The number of rotatable bonds is 5. The number of aromatic nitrogens is 2. The van der Waals surface area contributed by atoms with Crippen molar-refractivity contribution in [2.45, 2.75) is 6.54 Å². The lowest BCUT2D eigenvalue weighted by atomic mass is 10.0. The minimum atomic E-state index is -2.36. The van der Waals surface area contributed by atoms with Gasteiger partial charge in [-0.25, -0.2) is 9.11 Å². The second kappa shape index (κ2) is 8.04. The number of nitrogens with one attached hydrogen (secondary N) is 1. The summed E-state index contributed by atoms with van der Waals surface area (Å²) in [4.78, 5) is 13.0. The van der Waals surface area contributed by atoms with Crippen LogP contribution in [0, 0.1) is 5.82 Å². The van der Waals surface area contributed by atoms with Gasteiger partial charge in [0.25, 0.3) is 5.56 Å². The number of hydrogen-bond donors (Lipinski definition) is 1. The Morgan fingerprint density at radius 1 is 1.00 bits per heavy atom. The van der Waals surface area contributed by atoms with Crippen LogP contribution in [0.3, 0.4) is 0 Å². The van der Waals surface area contributed by atoms with Gasteiger partial charge in [0.2, 0.25) is 0 Å². The van der Waals surface area contributed by atoms with Crippen LogP contribution < -0.4 is 10.3 Å². The lowest BCUT2D eigenvalue weighted by Crippen LogP contribution is -2.22. The average molecular weight is 408 g/mol. The number of nitrogens with zero attached hydrogens (tertiary/aromatic N) is 2. The number of halogens is 1. The van der Waals surface area contributed by atoms with Crippen LogP contribution in [0.1, 0.15) is 5.56 Å². The highest BCUT2D eigenvalue weighted by molar-refractivity contribution is 7.77. The zero-order chi connectivity index (χ0) is 20.4. The predicted octanol–water partition coefficient (Wildman–Crippen LogP) is 3.08. The van der Waals surface area contributed by atoms with Crippen molar-refractivity contribution in [1.82, 2.24) is 14.5 Å². The molecule has 0 saturated heterocycles. The molecule has 0 spiro atoms. The summed E-state index contributed by atoms with van der Waals surface area (Å²) in [6.45, 7) is 0.138. The Kier molecular flexibility index (Phi) is 5.30. The van der Waals surface area contributed by atoms with Crippen LogP contribution in [0.25, 0.3) is 27.7 Å². The Morgan fingerprint density at radius 2 is 1.72 bits per heavy atom. The summed E-state index contributed by atoms with van der Waals surface area (Å²) in [7, 11) is 0. The van der Waals surface area contributed by atoms with Crippen LogP contribution in [0.5, 0.6) is 0 Å². The minimum Gasteiger partial charge on any atom is -0.760 e. The molecule has 0 saturated carbocycles. The molecule has 0 aliphatic carbocycles. The molecular formula is C21H15FN3O3S-. The summed E-state index contributed by atoms with van der Waals surface area (Å²) in [6, 6.07) is 19.9. The zero-order valence-corrected chi connectivity index (χ0v) is 15.9. The molecule has 0 amide bonds. The standard InChI is InChI=1S/C21H16FN3O3S/c22-16-8-10-17(11-9-16)25-21(26)19-7-2-1-6-18(19)20(24-25)15-5-3-4-14(12-15)13-23-29(27)28/h1-12,23H,13H2,(H,27,28)/p-1. The first-order valence-electron chi connectivity index (χ1n) is 8.73. The molecule has 0 radical (unpaired) electrons. The van der Waals surface area contributed by atoms with Gasteiger partial charge in [0.15, 0.2) is 0 Å². The SMILES string of the molecule is O=c1c2ccccc2c(-c2cccc(CNS(=O)[O-])c2)nn1-c1ccc(F)cc1. The summed E-state index contributed by atoms with van der Waals surface area (Å²) >= 11 is -2.36. The molecular weight excluding hydrogens is 393 g/mol. The maximum Gasteiger partial charge on any atom is 0.279 e. The van der Waals surface area contributed by atoms with E-state index in [1.807, 2.05) is 24.3 Å². The lowest BCUT2D eigenvalue weighted by Gasteiger charge is -2.13. The topological polar surface area (TPSA) is 87.1 Å². The molecule has 146 valence electrons. The van der Waals surface area contributed by atoms with Gasteiger partial charge in [0.05, 0.1) is 16.8 Å². The maximum absolute atomic E-state index is 13.3. The molecule has 8 heteroatoms. The van der Waals surface area contributed by atoms with Crippen molar-refractivity contribution in [3.05, 3.63) is 94.5 Å². The van der Waals surface area contributed by atoms with E-state index in [2.05, 4.69) is 9.82 Å². The second-order valence-electron chi connectivity index (χ2n) is 6.34. The molecule has 0 aliphatic heterocycles. The van der Waals surface area contributed by atoms with Crippen molar-refractivity contribution in [2.75, 3.05) is 0 Å². The molecule has 0 aliphatic rings. The van der Waals surface area contributed by atoms with Crippen molar-refractivity contribution in [1.29, 1.82) is 0 Å². The normalized spacial score (nSPS) is 12.2. The third-order valence-corrected chi connectivity index (χ3v) is 4.85. The molecule has 1 unspecified atom stereocenters. The summed E-state index contributed by atoms with van der Waals surface area (Å²) in [5.41, 5.74) is 2.18. The van der Waals surface area contributed by atoms with Crippen molar-refractivity contribution in [2.24, 2.45) is 0 Å². The van der Waals surface area contributed by atoms with E-state index in [9.17, 15) is 17.9 Å². The zero-order valence-electron chi connectivity index (χ0n) is 15.0.